The maximum absolute atomic E-state index is 12.4. The SMILES string of the molecule is CC(O)(c1cnc(C(F)(F)F)s1)C1CCOC1. The third-order valence-corrected chi connectivity index (χ3v) is 4.24. The van der Waals surface area contributed by atoms with Gasteiger partial charge < -0.3 is 9.84 Å². The Balaban J connectivity index is 2.24. The number of hydrogen-bond acceptors (Lipinski definition) is 4. The Bertz CT molecular complexity index is 397. The molecule has 1 aromatic heterocycles. The molecule has 2 rings (SSSR count). The molecule has 0 spiro atoms. The summed E-state index contributed by atoms with van der Waals surface area (Å²) < 4.78 is 42.4. The Hall–Kier alpha value is -0.660. The van der Waals surface area contributed by atoms with Gasteiger partial charge in [0.25, 0.3) is 0 Å². The Kier molecular flexibility index (Phi) is 3.17. The topological polar surface area (TPSA) is 42.4 Å². The lowest BCUT2D eigenvalue weighted by molar-refractivity contribution is -0.137. The highest BCUT2D eigenvalue weighted by molar-refractivity contribution is 7.11. The number of halogens is 3. The fourth-order valence-electron chi connectivity index (χ4n) is 1.82. The molecule has 0 aromatic carbocycles. The van der Waals surface area contributed by atoms with Crippen LogP contribution >= 0.6 is 11.3 Å². The molecule has 3 nitrogen and oxygen atoms in total. The number of aromatic nitrogens is 1. The minimum atomic E-state index is -4.45. The summed E-state index contributed by atoms with van der Waals surface area (Å²) in [4.78, 5) is 3.55. The lowest BCUT2D eigenvalue weighted by atomic mass is 9.88. The zero-order chi connectivity index (χ0) is 12.7. The van der Waals surface area contributed by atoms with Crippen LogP contribution in [0.2, 0.25) is 0 Å². The van der Waals surface area contributed by atoms with Crippen molar-refractivity contribution in [1.29, 1.82) is 0 Å². The van der Waals surface area contributed by atoms with Crippen LogP contribution < -0.4 is 0 Å². The first-order chi connectivity index (χ1) is 7.82. The summed E-state index contributed by atoms with van der Waals surface area (Å²) in [5.41, 5.74) is -1.31. The van der Waals surface area contributed by atoms with Crippen molar-refractivity contribution in [3.05, 3.63) is 16.1 Å². The minimum Gasteiger partial charge on any atom is -0.384 e. The molecule has 7 heteroatoms. The second-order valence-electron chi connectivity index (χ2n) is 4.24. The molecular formula is C10H12F3NO2S. The van der Waals surface area contributed by atoms with Gasteiger partial charge in [0, 0.05) is 18.7 Å². The van der Waals surface area contributed by atoms with Gasteiger partial charge in [-0.2, -0.15) is 13.2 Å². The van der Waals surface area contributed by atoms with Crippen LogP contribution in [-0.4, -0.2) is 23.3 Å². The largest absolute Gasteiger partial charge is 0.443 e. The van der Waals surface area contributed by atoms with Crippen LogP contribution in [0, 0.1) is 5.92 Å². The van der Waals surface area contributed by atoms with Crippen molar-refractivity contribution in [2.45, 2.75) is 25.1 Å². The van der Waals surface area contributed by atoms with E-state index in [1.807, 2.05) is 0 Å². The summed E-state index contributed by atoms with van der Waals surface area (Å²) in [7, 11) is 0. The Morgan fingerprint density at radius 2 is 2.24 bits per heavy atom. The van der Waals surface area contributed by atoms with Gasteiger partial charge >= 0.3 is 6.18 Å². The molecule has 0 radical (unpaired) electrons. The number of aliphatic hydroxyl groups is 1. The van der Waals surface area contributed by atoms with Crippen molar-refractivity contribution < 1.29 is 23.0 Å². The van der Waals surface area contributed by atoms with Crippen molar-refractivity contribution in [1.82, 2.24) is 4.98 Å². The van der Waals surface area contributed by atoms with Crippen molar-refractivity contribution in [3.8, 4) is 0 Å². The molecule has 1 saturated heterocycles. The van der Waals surface area contributed by atoms with E-state index in [-0.39, 0.29) is 10.8 Å². The van der Waals surface area contributed by atoms with E-state index in [1.165, 1.54) is 6.92 Å². The summed E-state index contributed by atoms with van der Waals surface area (Å²) >= 11 is 0.492. The van der Waals surface area contributed by atoms with Gasteiger partial charge in [-0.15, -0.1) is 11.3 Å². The third kappa shape index (κ3) is 2.46. The number of nitrogens with zero attached hydrogens (tertiary/aromatic N) is 1. The molecule has 2 atom stereocenters. The molecule has 1 aromatic rings. The quantitative estimate of drug-likeness (QED) is 0.894. The molecule has 0 bridgehead atoms. The summed E-state index contributed by atoms with van der Waals surface area (Å²) in [5.74, 6) is -0.177. The average molecular weight is 267 g/mol. The van der Waals surface area contributed by atoms with Gasteiger partial charge in [0.15, 0.2) is 5.01 Å². The fraction of sp³-hybridized carbons (Fsp3) is 0.700. The van der Waals surface area contributed by atoms with E-state index in [0.29, 0.717) is 31.0 Å². The molecule has 1 aliphatic heterocycles. The van der Waals surface area contributed by atoms with Crippen molar-refractivity contribution >= 4 is 11.3 Å². The number of rotatable bonds is 2. The van der Waals surface area contributed by atoms with Gasteiger partial charge in [0.05, 0.1) is 11.5 Å². The number of hydrogen-bond donors (Lipinski definition) is 1. The van der Waals surface area contributed by atoms with Crippen LogP contribution in [0.3, 0.4) is 0 Å². The van der Waals surface area contributed by atoms with E-state index >= 15 is 0 Å². The van der Waals surface area contributed by atoms with Crippen LogP contribution in [0.1, 0.15) is 23.2 Å². The first-order valence-electron chi connectivity index (χ1n) is 5.15. The van der Waals surface area contributed by atoms with Crippen molar-refractivity contribution in [2.24, 2.45) is 5.92 Å². The normalized spacial score (nSPS) is 24.9. The third-order valence-electron chi connectivity index (χ3n) is 2.97. The first kappa shape index (κ1) is 12.8. The Labute approximate surface area is 100 Å². The van der Waals surface area contributed by atoms with Crippen molar-refractivity contribution in [2.75, 3.05) is 13.2 Å². The summed E-state index contributed by atoms with van der Waals surface area (Å²) in [6.07, 6.45) is -2.71. The standard InChI is InChI=1S/C10H12F3NO2S/c1-9(15,6-2-3-16-5-6)7-4-14-8(17-7)10(11,12)13/h4,6,15H,2-3,5H2,1H3. The van der Waals surface area contributed by atoms with Crippen LogP contribution in [0.15, 0.2) is 6.20 Å². The monoisotopic (exact) mass is 267 g/mol. The van der Waals surface area contributed by atoms with E-state index in [9.17, 15) is 18.3 Å². The lowest BCUT2D eigenvalue weighted by Crippen LogP contribution is -2.31. The number of ether oxygens (including phenoxy) is 1. The van der Waals surface area contributed by atoms with Crippen LogP contribution in [-0.2, 0) is 16.5 Å². The van der Waals surface area contributed by atoms with Gasteiger partial charge in [0.1, 0.15) is 5.60 Å². The summed E-state index contributed by atoms with van der Waals surface area (Å²) in [5, 5.41) is 9.36. The highest BCUT2D eigenvalue weighted by Gasteiger charge is 2.41. The van der Waals surface area contributed by atoms with E-state index in [2.05, 4.69) is 4.98 Å². The Morgan fingerprint density at radius 1 is 1.53 bits per heavy atom. The Morgan fingerprint density at radius 3 is 2.71 bits per heavy atom. The maximum atomic E-state index is 12.4. The molecule has 1 aliphatic rings. The smallest absolute Gasteiger partial charge is 0.384 e. The first-order valence-corrected chi connectivity index (χ1v) is 5.97. The van der Waals surface area contributed by atoms with Crippen molar-refractivity contribution in [3.63, 3.8) is 0 Å². The van der Waals surface area contributed by atoms with Gasteiger partial charge in [-0.05, 0) is 13.3 Å². The van der Waals surface area contributed by atoms with Crippen LogP contribution in [0.4, 0.5) is 13.2 Å². The lowest BCUT2D eigenvalue weighted by Gasteiger charge is -2.27. The highest BCUT2D eigenvalue weighted by Crippen LogP contribution is 2.40. The molecule has 0 aliphatic carbocycles. The number of alkyl halides is 3. The predicted octanol–water partition coefficient (Wildman–Crippen LogP) is 2.41. The van der Waals surface area contributed by atoms with Gasteiger partial charge in [-0.25, -0.2) is 4.98 Å². The van der Waals surface area contributed by atoms with Gasteiger partial charge in [-0.1, -0.05) is 0 Å². The molecule has 0 amide bonds. The predicted molar refractivity (Wildman–Crippen MR) is 55.6 cm³/mol. The zero-order valence-corrected chi connectivity index (χ0v) is 9.94. The van der Waals surface area contributed by atoms with Crippen LogP contribution in [0.25, 0.3) is 0 Å². The zero-order valence-electron chi connectivity index (χ0n) is 9.12. The van der Waals surface area contributed by atoms with E-state index < -0.39 is 16.8 Å². The molecule has 1 fully saturated rings. The summed E-state index contributed by atoms with van der Waals surface area (Å²) in [6, 6.07) is 0. The molecular weight excluding hydrogens is 255 g/mol. The molecule has 2 heterocycles. The molecule has 0 saturated carbocycles. The second kappa shape index (κ2) is 4.22. The van der Waals surface area contributed by atoms with Gasteiger partial charge in [0.2, 0.25) is 0 Å². The number of thiazole rings is 1. The van der Waals surface area contributed by atoms with E-state index in [0.717, 1.165) is 6.20 Å². The van der Waals surface area contributed by atoms with E-state index in [1.54, 1.807) is 0 Å². The highest BCUT2D eigenvalue weighted by atomic mass is 32.1. The minimum absolute atomic E-state index is 0.177. The molecule has 17 heavy (non-hydrogen) atoms. The average Bonchev–Trinajstić information content (AvgIpc) is 2.89. The van der Waals surface area contributed by atoms with Gasteiger partial charge in [-0.3, -0.25) is 0 Å². The second-order valence-corrected chi connectivity index (χ2v) is 5.27. The maximum Gasteiger partial charge on any atom is 0.443 e. The summed E-state index contributed by atoms with van der Waals surface area (Å²) in [6.45, 7) is 2.41. The molecule has 96 valence electrons. The van der Waals surface area contributed by atoms with E-state index in [4.69, 9.17) is 4.74 Å². The molecule has 1 N–H and O–H groups in total. The molecule has 2 unspecified atom stereocenters. The fourth-order valence-corrected chi connectivity index (χ4v) is 2.73. The van der Waals surface area contributed by atoms with Crippen LogP contribution in [0.5, 0.6) is 0 Å².